The van der Waals surface area contributed by atoms with E-state index in [1.54, 1.807) is 0 Å². The first-order valence-electron chi connectivity index (χ1n) is 7.51. The Morgan fingerprint density at radius 1 is 1.00 bits per heavy atom. The Kier molecular flexibility index (Phi) is 6.25. The molecule has 1 atom stereocenters. The van der Waals surface area contributed by atoms with Crippen LogP contribution in [0.5, 0.6) is 0 Å². The second kappa shape index (κ2) is 8.45. The molecule has 0 bridgehead atoms. The van der Waals surface area contributed by atoms with Gasteiger partial charge in [-0.25, -0.2) is 0 Å². The van der Waals surface area contributed by atoms with Crippen LogP contribution in [0, 0.1) is 0 Å². The number of anilines is 1. The fourth-order valence-corrected chi connectivity index (χ4v) is 2.27. The molecule has 2 aromatic carbocycles. The summed E-state index contributed by atoms with van der Waals surface area (Å²) in [7, 11) is 0. The van der Waals surface area contributed by atoms with E-state index in [2.05, 4.69) is 41.8 Å². The molecule has 2 rings (SSSR count). The minimum absolute atomic E-state index is 0.0988. The first kappa shape index (κ1) is 15.5. The summed E-state index contributed by atoms with van der Waals surface area (Å²) in [6.45, 7) is 4.17. The highest BCUT2D eigenvalue weighted by Crippen LogP contribution is 2.14. The van der Waals surface area contributed by atoms with Crippen molar-refractivity contribution in [1.82, 2.24) is 5.32 Å². The molecule has 0 aromatic heterocycles. The van der Waals surface area contributed by atoms with E-state index in [1.165, 1.54) is 11.3 Å². The topological polar surface area (TPSA) is 44.3 Å². The van der Waals surface area contributed by atoms with Crippen LogP contribution in [-0.2, 0) is 6.61 Å². The molecule has 0 aliphatic carbocycles. The van der Waals surface area contributed by atoms with E-state index >= 15 is 0 Å². The van der Waals surface area contributed by atoms with E-state index in [9.17, 15) is 0 Å². The number of hydrogen-bond acceptors (Lipinski definition) is 3. The highest BCUT2D eigenvalue weighted by Gasteiger charge is 2.04. The lowest BCUT2D eigenvalue weighted by atomic mass is 10.1. The third kappa shape index (κ3) is 5.21. The standard InChI is InChI=1S/C18H24N2O/c1-15(17-8-5-7-16(13-17)14-21)19-11-6-12-20-18-9-3-2-4-10-18/h2-5,7-10,13,15,19-21H,6,11-12,14H2,1H3. The monoisotopic (exact) mass is 284 g/mol. The number of aliphatic hydroxyl groups is 1. The maximum absolute atomic E-state index is 9.17. The van der Waals surface area contributed by atoms with Crippen LogP contribution in [0.2, 0.25) is 0 Å². The zero-order valence-corrected chi connectivity index (χ0v) is 12.5. The van der Waals surface area contributed by atoms with Crippen LogP contribution in [0.3, 0.4) is 0 Å². The fourth-order valence-electron chi connectivity index (χ4n) is 2.27. The largest absolute Gasteiger partial charge is 0.392 e. The molecule has 0 aliphatic rings. The van der Waals surface area contributed by atoms with E-state index in [1.807, 2.05) is 30.3 Å². The lowest BCUT2D eigenvalue weighted by Crippen LogP contribution is -2.21. The average molecular weight is 284 g/mol. The number of rotatable bonds is 8. The van der Waals surface area contributed by atoms with Crippen molar-refractivity contribution in [2.24, 2.45) is 0 Å². The van der Waals surface area contributed by atoms with Crippen LogP contribution < -0.4 is 10.6 Å². The Labute approximate surface area is 127 Å². The maximum atomic E-state index is 9.17. The summed E-state index contributed by atoms with van der Waals surface area (Å²) >= 11 is 0. The van der Waals surface area contributed by atoms with Crippen molar-refractivity contribution in [2.45, 2.75) is 26.0 Å². The number of benzene rings is 2. The van der Waals surface area contributed by atoms with Gasteiger partial charge in [-0.15, -0.1) is 0 Å². The van der Waals surface area contributed by atoms with E-state index in [0.29, 0.717) is 6.04 Å². The third-order valence-corrected chi connectivity index (χ3v) is 3.54. The van der Waals surface area contributed by atoms with Gasteiger partial charge < -0.3 is 15.7 Å². The van der Waals surface area contributed by atoms with Gasteiger partial charge in [-0.1, -0.05) is 42.5 Å². The number of para-hydroxylation sites is 1. The maximum Gasteiger partial charge on any atom is 0.0681 e. The highest BCUT2D eigenvalue weighted by molar-refractivity contribution is 5.42. The first-order chi connectivity index (χ1) is 10.3. The molecule has 0 amide bonds. The SMILES string of the molecule is CC(NCCCNc1ccccc1)c1cccc(CO)c1. The van der Waals surface area contributed by atoms with Crippen LogP contribution in [0.15, 0.2) is 54.6 Å². The van der Waals surface area contributed by atoms with Crippen molar-refractivity contribution >= 4 is 5.69 Å². The molecule has 0 aliphatic heterocycles. The molecular formula is C18H24N2O. The van der Waals surface area contributed by atoms with Crippen molar-refractivity contribution < 1.29 is 5.11 Å². The van der Waals surface area contributed by atoms with E-state index in [0.717, 1.165) is 25.1 Å². The van der Waals surface area contributed by atoms with Crippen molar-refractivity contribution in [3.8, 4) is 0 Å². The molecule has 0 heterocycles. The smallest absolute Gasteiger partial charge is 0.0681 e. The van der Waals surface area contributed by atoms with E-state index in [4.69, 9.17) is 5.11 Å². The molecule has 21 heavy (non-hydrogen) atoms. The summed E-state index contributed by atoms with van der Waals surface area (Å²) in [6.07, 6.45) is 1.07. The first-order valence-corrected chi connectivity index (χ1v) is 7.51. The Hall–Kier alpha value is -1.84. The molecule has 3 N–H and O–H groups in total. The second-order valence-electron chi connectivity index (χ2n) is 5.23. The molecule has 0 fully saturated rings. The van der Waals surface area contributed by atoms with Crippen LogP contribution in [0.25, 0.3) is 0 Å². The van der Waals surface area contributed by atoms with Gasteiger partial charge in [-0.05, 0) is 43.1 Å². The fraction of sp³-hybridized carbons (Fsp3) is 0.333. The van der Waals surface area contributed by atoms with E-state index < -0.39 is 0 Å². The minimum Gasteiger partial charge on any atom is -0.392 e. The van der Waals surface area contributed by atoms with Gasteiger partial charge in [0, 0.05) is 18.3 Å². The van der Waals surface area contributed by atoms with Gasteiger partial charge in [0.1, 0.15) is 0 Å². The van der Waals surface area contributed by atoms with Crippen LogP contribution in [0.4, 0.5) is 5.69 Å². The van der Waals surface area contributed by atoms with Crippen LogP contribution in [-0.4, -0.2) is 18.2 Å². The number of aliphatic hydroxyl groups excluding tert-OH is 1. The molecule has 2 aromatic rings. The van der Waals surface area contributed by atoms with Gasteiger partial charge >= 0.3 is 0 Å². The lowest BCUT2D eigenvalue weighted by molar-refractivity contribution is 0.281. The predicted octanol–water partition coefficient (Wildman–Crippen LogP) is 3.33. The zero-order valence-electron chi connectivity index (χ0n) is 12.5. The molecule has 3 heteroatoms. The van der Waals surface area contributed by atoms with Gasteiger partial charge in [-0.3, -0.25) is 0 Å². The van der Waals surface area contributed by atoms with E-state index in [-0.39, 0.29) is 6.61 Å². The predicted molar refractivity (Wildman–Crippen MR) is 88.3 cm³/mol. The van der Waals surface area contributed by atoms with Gasteiger partial charge in [0.05, 0.1) is 6.61 Å². The zero-order chi connectivity index (χ0) is 14.9. The summed E-state index contributed by atoms with van der Waals surface area (Å²) in [5.41, 5.74) is 3.35. The Bertz CT molecular complexity index is 528. The van der Waals surface area contributed by atoms with Gasteiger partial charge in [0.15, 0.2) is 0 Å². The highest BCUT2D eigenvalue weighted by atomic mass is 16.3. The summed E-state index contributed by atoms with van der Waals surface area (Å²) in [5, 5.41) is 16.1. The Morgan fingerprint density at radius 3 is 2.57 bits per heavy atom. The van der Waals surface area contributed by atoms with Crippen LogP contribution in [0.1, 0.15) is 30.5 Å². The van der Waals surface area contributed by atoms with Crippen molar-refractivity contribution in [3.63, 3.8) is 0 Å². The Morgan fingerprint density at radius 2 is 1.81 bits per heavy atom. The summed E-state index contributed by atoms with van der Waals surface area (Å²) in [4.78, 5) is 0. The van der Waals surface area contributed by atoms with Crippen molar-refractivity contribution in [2.75, 3.05) is 18.4 Å². The normalized spacial score (nSPS) is 12.1. The van der Waals surface area contributed by atoms with Gasteiger partial charge in [0.25, 0.3) is 0 Å². The molecule has 0 spiro atoms. The van der Waals surface area contributed by atoms with Gasteiger partial charge in [-0.2, -0.15) is 0 Å². The minimum atomic E-state index is 0.0988. The van der Waals surface area contributed by atoms with Gasteiger partial charge in [0.2, 0.25) is 0 Å². The number of nitrogens with one attached hydrogen (secondary N) is 2. The third-order valence-electron chi connectivity index (χ3n) is 3.54. The molecule has 0 saturated heterocycles. The van der Waals surface area contributed by atoms with Crippen molar-refractivity contribution in [1.29, 1.82) is 0 Å². The molecular weight excluding hydrogens is 260 g/mol. The summed E-state index contributed by atoms with van der Waals surface area (Å²) in [6, 6.07) is 18.7. The van der Waals surface area contributed by atoms with Crippen molar-refractivity contribution in [3.05, 3.63) is 65.7 Å². The number of hydrogen-bond donors (Lipinski definition) is 3. The Balaban J connectivity index is 1.68. The average Bonchev–Trinajstić information content (AvgIpc) is 2.55. The summed E-state index contributed by atoms with van der Waals surface area (Å²) in [5.74, 6) is 0. The second-order valence-corrected chi connectivity index (χ2v) is 5.23. The van der Waals surface area contributed by atoms with Crippen LogP contribution >= 0.6 is 0 Å². The molecule has 3 nitrogen and oxygen atoms in total. The molecule has 0 radical (unpaired) electrons. The molecule has 112 valence electrons. The molecule has 0 saturated carbocycles. The quantitative estimate of drug-likeness (QED) is 0.651. The lowest BCUT2D eigenvalue weighted by Gasteiger charge is -2.15. The molecule has 1 unspecified atom stereocenters. The summed E-state index contributed by atoms with van der Waals surface area (Å²) < 4.78 is 0.